The molecule has 1 atom stereocenters. The van der Waals surface area contributed by atoms with Crippen molar-refractivity contribution in [1.29, 1.82) is 0 Å². The molecule has 0 saturated carbocycles. The van der Waals surface area contributed by atoms with Crippen molar-refractivity contribution in [1.82, 2.24) is 9.80 Å². The first-order chi connectivity index (χ1) is 8.42. The second-order valence-electron chi connectivity index (χ2n) is 5.37. The fourth-order valence-electron chi connectivity index (χ4n) is 3.15. The van der Waals surface area contributed by atoms with E-state index in [9.17, 15) is 0 Å². The van der Waals surface area contributed by atoms with Gasteiger partial charge in [-0.05, 0) is 48.2 Å². The van der Waals surface area contributed by atoms with Crippen LogP contribution < -0.4 is 0 Å². The number of rotatable bonds is 3. The zero-order chi connectivity index (χ0) is 11.5. The van der Waals surface area contributed by atoms with Crippen LogP contribution in [0.25, 0.3) is 0 Å². The highest BCUT2D eigenvalue weighted by atomic mass is 32.1. The molecule has 2 saturated heterocycles. The molecule has 0 radical (unpaired) electrons. The van der Waals surface area contributed by atoms with Gasteiger partial charge >= 0.3 is 0 Å². The van der Waals surface area contributed by atoms with Gasteiger partial charge in [0.2, 0.25) is 0 Å². The molecule has 0 bridgehead atoms. The summed E-state index contributed by atoms with van der Waals surface area (Å²) in [5, 5.41) is 4.48. The van der Waals surface area contributed by atoms with Crippen molar-refractivity contribution in [3.63, 3.8) is 0 Å². The summed E-state index contributed by atoms with van der Waals surface area (Å²) < 4.78 is 0. The van der Waals surface area contributed by atoms with E-state index in [0.717, 1.165) is 6.04 Å². The summed E-state index contributed by atoms with van der Waals surface area (Å²) >= 11 is 1.82. The van der Waals surface area contributed by atoms with Crippen LogP contribution in [0.15, 0.2) is 16.8 Å². The van der Waals surface area contributed by atoms with E-state index in [2.05, 4.69) is 26.6 Å². The van der Waals surface area contributed by atoms with Crippen LogP contribution in [-0.4, -0.2) is 48.6 Å². The maximum Gasteiger partial charge on any atom is 0.0223 e. The van der Waals surface area contributed by atoms with Crippen molar-refractivity contribution in [3.05, 3.63) is 22.4 Å². The van der Waals surface area contributed by atoms with E-state index in [1.807, 2.05) is 11.3 Å². The highest BCUT2D eigenvalue weighted by Crippen LogP contribution is 2.21. The Kier molecular flexibility index (Phi) is 3.79. The van der Waals surface area contributed by atoms with E-state index < -0.39 is 0 Å². The molecule has 1 unspecified atom stereocenters. The van der Waals surface area contributed by atoms with Gasteiger partial charge in [0.05, 0.1) is 0 Å². The summed E-state index contributed by atoms with van der Waals surface area (Å²) in [5.74, 6) is 0. The van der Waals surface area contributed by atoms with Gasteiger partial charge in [-0.15, -0.1) is 0 Å². The highest BCUT2D eigenvalue weighted by Gasteiger charge is 2.28. The Balaban J connectivity index is 1.48. The highest BCUT2D eigenvalue weighted by molar-refractivity contribution is 7.07. The number of nitrogens with zero attached hydrogens (tertiary/aromatic N) is 2. The minimum absolute atomic E-state index is 0.861. The molecule has 0 aromatic carbocycles. The lowest BCUT2D eigenvalue weighted by molar-refractivity contribution is 0.0500. The number of hydrogen-bond donors (Lipinski definition) is 0. The SMILES string of the molecule is c1cc(CCN2CCN3CCCCC3C2)cs1. The topological polar surface area (TPSA) is 6.48 Å². The van der Waals surface area contributed by atoms with Crippen molar-refractivity contribution < 1.29 is 0 Å². The van der Waals surface area contributed by atoms with Crippen LogP contribution in [0, 0.1) is 0 Å². The number of piperidine rings is 1. The Bertz CT molecular complexity index is 336. The fourth-order valence-corrected chi connectivity index (χ4v) is 3.85. The predicted molar refractivity (Wildman–Crippen MR) is 73.7 cm³/mol. The summed E-state index contributed by atoms with van der Waals surface area (Å²) in [6.45, 7) is 6.49. The Hall–Kier alpha value is -0.380. The van der Waals surface area contributed by atoms with E-state index in [1.165, 1.54) is 64.0 Å². The van der Waals surface area contributed by atoms with Gasteiger partial charge in [-0.1, -0.05) is 6.42 Å². The molecular formula is C14H22N2S. The van der Waals surface area contributed by atoms with E-state index in [1.54, 1.807) is 0 Å². The van der Waals surface area contributed by atoms with Crippen molar-refractivity contribution in [2.75, 3.05) is 32.7 Å². The fraction of sp³-hybridized carbons (Fsp3) is 0.714. The second-order valence-corrected chi connectivity index (χ2v) is 6.15. The average molecular weight is 250 g/mol. The first-order valence-corrected chi connectivity index (χ1v) is 7.83. The third kappa shape index (κ3) is 2.90. The van der Waals surface area contributed by atoms with Crippen LogP contribution in [0.4, 0.5) is 0 Å². The molecule has 2 aliphatic rings. The zero-order valence-corrected chi connectivity index (χ0v) is 11.3. The first-order valence-electron chi connectivity index (χ1n) is 6.89. The molecular weight excluding hydrogens is 228 g/mol. The van der Waals surface area contributed by atoms with Crippen molar-refractivity contribution in [2.24, 2.45) is 0 Å². The molecule has 2 nitrogen and oxygen atoms in total. The second kappa shape index (κ2) is 5.51. The molecule has 0 aliphatic carbocycles. The van der Waals surface area contributed by atoms with E-state index >= 15 is 0 Å². The Morgan fingerprint density at radius 2 is 2.24 bits per heavy atom. The molecule has 0 spiro atoms. The van der Waals surface area contributed by atoms with Crippen LogP contribution in [0.5, 0.6) is 0 Å². The minimum Gasteiger partial charge on any atom is -0.300 e. The molecule has 3 rings (SSSR count). The Morgan fingerprint density at radius 3 is 3.12 bits per heavy atom. The van der Waals surface area contributed by atoms with Gasteiger partial charge in [-0.25, -0.2) is 0 Å². The standard InChI is InChI=1S/C14H22N2S/c1-2-6-16-9-8-15(11-14(16)3-1)7-4-13-5-10-17-12-13/h5,10,12,14H,1-4,6-9,11H2. The number of thiophene rings is 1. The first kappa shape index (κ1) is 11.7. The summed E-state index contributed by atoms with van der Waals surface area (Å²) in [6.07, 6.45) is 5.52. The molecule has 1 aromatic heterocycles. The van der Waals surface area contributed by atoms with Crippen LogP contribution in [0.2, 0.25) is 0 Å². The van der Waals surface area contributed by atoms with Gasteiger partial charge in [0, 0.05) is 32.2 Å². The molecule has 3 heterocycles. The van der Waals surface area contributed by atoms with Gasteiger partial charge < -0.3 is 4.90 Å². The quantitative estimate of drug-likeness (QED) is 0.813. The van der Waals surface area contributed by atoms with Gasteiger partial charge in [0.15, 0.2) is 0 Å². The molecule has 0 N–H and O–H groups in total. The number of hydrogen-bond acceptors (Lipinski definition) is 3. The van der Waals surface area contributed by atoms with E-state index in [-0.39, 0.29) is 0 Å². The maximum atomic E-state index is 2.71. The molecule has 1 aromatic rings. The van der Waals surface area contributed by atoms with Crippen LogP contribution in [0.3, 0.4) is 0 Å². The van der Waals surface area contributed by atoms with Gasteiger partial charge in [0.25, 0.3) is 0 Å². The van der Waals surface area contributed by atoms with Gasteiger partial charge in [-0.2, -0.15) is 11.3 Å². The lowest BCUT2D eigenvalue weighted by Crippen LogP contribution is -2.55. The summed E-state index contributed by atoms with van der Waals surface area (Å²) in [4.78, 5) is 5.38. The normalized spacial score (nSPS) is 26.9. The Labute approximate surface area is 108 Å². The van der Waals surface area contributed by atoms with E-state index in [4.69, 9.17) is 0 Å². The van der Waals surface area contributed by atoms with Crippen molar-refractivity contribution >= 4 is 11.3 Å². The van der Waals surface area contributed by atoms with Crippen molar-refractivity contribution in [3.8, 4) is 0 Å². The summed E-state index contributed by atoms with van der Waals surface area (Å²) in [5.41, 5.74) is 1.51. The van der Waals surface area contributed by atoms with Gasteiger partial charge in [-0.3, -0.25) is 4.90 Å². The molecule has 2 aliphatic heterocycles. The van der Waals surface area contributed by atoms with E-state index in [0.29, 0.717) is 0 Å². The number of fused-ring (bicyclic) bond motifs is 1. The molecule has 0 amide bonds. The predicted octanol–water partition coefficient (Wildman–Crippen LogP) is 2.46. The van der Waals surface area contributed by atoms with Crippen LogP contribution in [0.1, 0.15) is 24.8 Å². The molecule has 3 heteroatoms. The molecule has 2 fully saturated rings. The smallest absolute Gasteiger partial charge is 0.0223 e. The lowest BCUT2D eigenvalue weighted by Gasteiger charge is -2.44. The monoisotopic (exact) mass is 250 g/mol. The molecule has 17 heavy (non-hydrogen) atoms. The van der Waals surface area contributed by atoms with Crippen LogP contribution >= 0.6 is 11.3 Å². The molecule has 94 valence electrons. The third-order valence-electron chi connectivity index (χ3n) is 4.22. The summed E-state index contributed by atoms with van der Waals surface area (Å²) in [7, 11) is 0. The van der Waals surface area contributed by atoms with Gasteiger partial charge in [0.1, 0.15) is 0 Å². The van der Waals surface area contributed by atoms with Crippen molar-refractivity contribution in [2.45, 2.75) is 31.7 Å². The number of piperazine rings is 1. The summed E-state index contributed by atoms with van der Waals surface area (Å²) in [6, 6.07) is 3.13. The minimum atomic E-state index is 0.861. The largest absolute Gasteiger partial charge is 0.300 e. The average Bonchev–Trinajstić information content (AvgIpc) is 2.89. The third-order valence-corrected chi connectivity index (χ3v) is 4.95. The lowest BCUT2D eigenvalue weighted by atomic mass is 9.99. The van der Waals surface area contributed by atoms with Crippen LogP contribution in [-0.2, 0) is 6.42 Å². The zero-order valence-electron chi connectivity index (χ0n) is 10.5. The Morgan fingerprint density at radius 1 is 1.24 bits per heavy atom. The maximum absolute atomic E-state index is 2.71.